The van der Waals surface area contributed by atoms with Gasteiger partial charge in [0.25, 0.3) is 21.5 Å². The van der Waals surface area contributed by atoms with E-state index in [-0.39, 0.29) is 22.7 Å². The Bertz CT molecular complexity index is 1570. The predicted octanol–water partition coefficient (Wildman–Crippen LogP) is 4.67. The molecular formula is C27H28N4O4S2. The summed E-state index contributed by atoms with van der Waals surface area (Å²) in [5, 5.41) is 2.73. The van der Waals surface area contributed by atoms with Crippen molar-refractivity contribution in [2.75, 3.05) is 22.4 Å². The summed E-state index contributed by atoms with van der Waals surface area (Å²) in [6, 6.07) is 22.2. The Morgan fingerprint density at radius 3 is 2.16 bits per heavy atom. The van der Waals surface area contributed by atoms with Crippen molar-refractivity contribution in [3.8, 4) is 5.69 Å². The molecule has 0 atom stereocenters. The van der Waals surface area contributed by atoms with E-state index in [1.165, 1.54) is 20.7 Å². The second-order valence-corrected chi connectivity index (χ2v) is 11.0. The third-order valence-corrected chi connectivity index (χ3v) is 8.81. The van der Waals surface area contributed by atoms with Gasteiger partial charge in [-0.2, -0.15) is 0 Å². The van der Waals surface area contributed by atoms with Gasteiger partial charge in [0, 0.05) is 24.1 Å². The van der Waals surface area contributed by atoms with Gasteiger partial charge in [-0.15, -0.1) is 11.8 Å². The number of nitrogens with one attached hydrogen (secondary N) is 1. The van der Waals surface area contributed by atoms with Crippen LogP contribution in [-0.4, -0.2) is 36.5 Å². The second-order valence-electron chi connectivity index (χ2n) is 8.28. The highest BCUT2D eigenvalue weighted by atomic mass is 32.2. The molecule has 0 bridgehead atoms. The number of aromatic nitrogens is 2. The Kier molecular flexibility index (Phi) is 7.60. The maximum absolute atomic E-state index is 13.3. The summed E-state index contributed by atoms with van der Waals surface area (Å²) >= 11 is 1.54. The number of sulfonamides is 1. The fourth-order valence-corrected chi connectivity index (χ4v) is 5.93. The fourth-order valence-electron chi connectivity index (χ4n) is 4.04. The SMILES string of the molecule is CCN(c1ccc(C(=O)Nc2c(C)n(C)n(-c3ccccc3)c2=O)cc1)S(=O)(=O)c1ccc(SC)cc1. The number of thioether (sulfide) groups is 1. The molecule has 0 radical (unpaired) electrons. The van der Waals surface area contributed by atoms with Crippen LogP contribution in [0.1, 0.15) is 23.0 Å². The maximum Gasteiger partial charge on any atom is 0.295 e. The molecule has 192 valence electrons. The van der Waals surface area contributed by atoms with Crippen molar-refractivity contribution < 1.29 is 13.2 Å². The lowest BCUT2D eigenvalue weighted by atomic mass is 10.2. The first kappa shape index (κ1) is 26.3. The Morgan fingerprint density at radius 2 is 1.59 bits per heavy atom. The van der Waals surface area contributed by atoms with Crippen molar-refractivity contribution >= 4 is 39.1 Å². The van der Waals surface area contributed by atoms with Crippen LogP contribution < -0.4 is 15.2 Å². The summed E-state index contributed by atoms with van der Waals surface area (Å²) < 4.78 is 31.0. The van der Waals surface area contributed by atoms with Crippen LogP contribution in [0.3, 0.4) is 0 Å². The van der Waals surface area contributed by atoms with Gasteiger partial charge in [-0.05, 0) is 80.8 Å². The minimum absolute atomic E-state index is 0.187. The van der Waals surface area contributed by atoms with Gasteiger partial charge in [0.1, 0.15) is 5.69 Å². The molecule has 0 aliphatic carbocycles. The Labute approximate surface area is 220 Å². The number of hydrogen-bond donors (Lipinski definition) is 1. The smallest absolute Gasteiger partial charge is 0.295 e. The van der Waals surface area contributed by atoms with Crippen molar-refractivity contribution in [2.45, 2.75) is 23.6 Å². The number of rotatable bonds is 8. The largest absolute Gasteiger partial charge is 0.316 e. The lowest BCUT2D eigenvalue weighted by Crippen LogP contribution is -2.30. The first-order valence-electron chi connectivity index (χ1n) is 11.6. The number of carbonyl (C=O) groups excluding carboxylic acids is 1. The van der Waals surface area contributed by atoms with Gasteiger partial charge in [0.15, 0.2) is 0 Å². The molecule has 1 heterocycles. The van der Waals surface area contributed by atoms with Gasteiger partial charge in [-0.1, -0.05) is 18.2 Å². The van der Waals surface area contributed by atoms with E-state index in [9.17, 15) is 18.0 Å². The number of anilines is 2. The van der Waals surface area contributed by atoms with Crippen molar-refractivity contribution in [3.63, 3.8) is 0 Å². The Morgan fingerprint density at radius 1 is 0.973 bits per heavy atom. The summed E-state index contributed by atoms with van der Waals surface area (Å²) in [6.07, 6.45) is 1.93. The molecule has 0 fully saturated rings. The van der Waals surface area contributed by atoms with Gasteiger partial charge in [-0.3, -0.25) is 18.6 Å². The van der Waals surface area contributed by atoms with Crippen LogP contribution in [0.25, 0.3) is 5.69 Å². The molecule has 0 saturated heterocycles. The van der Waals surface area contributed by atoms with E-state index in [0.717, 1.165) is 4.90 Å². The minimum Gasteiger partial charge on any atom is -0.316 e. The third kappa shape index (κ3) is 5.07. The molecule has 0 spiro atoms. The molecule has 8 nitrogen and oxygen atoms in total. The monoisotopic (exact) mass is 536 g/mol. The summed E-state index contributed by atoms with van der Waals surface area (Å²) in [5.41, 5.74) is 1.88. The van der Waals surface area contributed by atoms with Gasteiger partial charge in [-0.25, -0.2) is 13.1 Å². The average Bonchev–Trinajstić information content (AvgIpc) is 3.12. The Balaban J connectivity index is 1.58. The number of amides is 1. The van der Waals surface area contributed by atoms with E-state index < -0.39 is 15.9 Å². The standard InChI is InChI=1S/C27H28N4O4S2/c1-5-30(37(34,35)24-17-15-23(36-4)16-18-24)21-13-11-20(12-14-21)26(32)28-25-19(2)29(3)31(27(25)33)22-9-7-6-8-10-22/h6-18H,5H2,1-4H3,(H,28,32). The number of para-hydroxylation sites is 1. The predicted molar refractivity (Wildman–Crippen MR) is 149 cm³/mol. The summed E-state index contributed by atoms with van der Waals surface area (Å²) in [6.45, 7) is 3.74. The van der Waals surface area contributed by atoms with Crippen LogP contribution in [-0.2, 0) is 17.1 Å². The Hall–Kier alpha value is -3.76. The van der Waals surface area contributed by atoms with Crippen LogP contribution in [0.4, 0.5) is 11.4 Å². The van der Waals surface area contributed by atoms with Gasteiger partial charge in [0.05, 0.1) is 22.0 Å². The molecule has 4 aromatic rings. The van der Waals surface area contributed by atoms with Crippen LogP contribution >= 0.6 is 11.8 Å². The highest BCUT2D eigenvalue weighted by Crippen LogP contribution is 2.26. The topological polar surface area (TPSA) is 93.4 Å². The number of hydrogen-bond acceptors (Lipinski definition) is 5. The first-order valence-corrected chi connectivity index (χ1v) is 14.3. The molecule has 0 unspecified atom stereocenters. The van der Waals surface area contributed by atoms with Crippen LogP contribution in [0.2, 0.25) is 0 Å². The van der Waals surface area contributed by atoms with E-state index >= 15 is 0 Å². The highest BCUT2D eigenvalue weighted by Gasteiger charge is 2.24. The van der Waals surface area contributed by atoms with Crippen LogP contribution in [0.15, 0.2) is 93.4 Å². The molecule has 0 aliphatic heterocycles. The molecule has 37 heavy (non-hydrogen) atoms. The van der Waals surface area contributed by atoms with E-state index in [1.54, 1.807) is 74.1 Å². The summed E-state index contributed by atoms with van der Waals surface area (Å²) in [4.78, 5) is 27.3. The van der Waals surface area contributed by atoms with Crippen molar-refractivity contribution in [2.24, 2.45) is 7.05 Å². The normalized spacial score (nSPS) is 11.4. The molecule has 1 N–H and O–H groups in total. The third-order valence-electron chi connectivity index (χ3n) is 6.14. The second kappa shape index (κ2) is 10.7. The molecule has 0 aliphatic rings. The molecule has 1 aromatic heterocycles. The van der Waals surface area contributed by atoms with Crippen molar-refractivity contribution in [3.05, 3.63) is 100 Å². The molecular weight excluding hydrogens is 508 g/mol. The van der Waals surface area contributed by atoms with E-state index in [4.69, 9.17) is 0 Å². The van der Waals surface area contributed by atoms with Crippen molar-refractivity contribution in [1.82, 2.24) is 9.36 Å². The van der Waals surface area contributed by atoms with E-state index in [0.29, 0.717) is 22.6 Å². The molecule has 3 aromatic carbocycles. The van der Waals surface area contributed by atoms with Crippen LogP contribution in [0.5, 0.6) is 0 Å². The summed E-state index contributed by atoms with van der Waals surface area (Å²) in [5.74, 6) is -0.462. The number of benzene rings is 3. The van der Waals surface area contributed by atoms with Gasteiger partial charge in [0.2, 0.25) is 0 Å². The van der Waals surface area contributed by atoms with Crippen LogP contribution in [0, 0.1) is 6.92 Å². The quantitative estimate of drug-likeness (QED) is 0.330. The lowest BCUT2D eigenvalue weighted by Gasteiger charge is -2.23. The van der Waals surface area contributed by atoms with E-state index in [2.05, 4.69) is 5.32 Å². The lowest BCUT2D eigenvalue weighted by molar-refractivity contribution is 0.102. The molecule has 0 saturated carbocycles. The van der Waals surface area contributed by atoms with Gasteiger partial charge >= 0.3 is 0 Å². The number of carbonyl (C=O) groups is 1. The minimum atomic E-state index is -3.77. The number of nitrogens with zero attached hydrogens (tertiary/aromatic N) is 3. The van der Waals surface area contributed by atoms with Gasteiger partial charge < -0.3 is 5.32 Å². The fraction of sp³-hybridized carbons (Fsp3) is 0.185. The van der Waals surface area contributed by atoms with Crippen molar-refractivity contribution in [1.29, 1.82) is 0 Å². The summed E-state index contributed by atoms with van der Waals surface area (Å²) in [7, 11) is -2.02. The molecule has 10 heteroatoms. The highest BCUT2D eigenvalue weighted by molar-refractivity contribution is 7.98. The van der Waals surface area contributed by atoms with E-state index in [1.807, 2.05) is 36.6 Å². The maximum atomic E-state index is 13.3. The zero-order valence-electron chi connectivity index (χ0n) is 21.0. The zero-order valence-corrected chi connectivity index (χ0v) is 22.6. The average molecular weight is 537 g/mol. The molecule has 1 amide bonds. The molecule has 4 rings (SSSR count). The zero-order chi connectivity index (χ0) is 26.7. The first-order chi connectivity index (χ1) is 17.7.